The summed E-state index contributed by atoms with van der Waals surface area (Å²) in [6, 6.07) is 16.0. The molecule has 0 aliphatic carbocycles. The van der Waals surface area contributed by atoms with Crippen molar-refractivity contribution in [3.8, 4) is 5.75 Å². The summed E-state index contributed by atoms with van der Waals surface area (Å²) in [5.74, 6) is 0.791. The van der Waals surface area contributed by atoms with Gasteiger partial charge in [-0.2, -0.15) is 0 Å². The second-order valence-electron chi connectivity index (χ2n) is 5.91. The first-order valence-corrected chi connectivity index (χ1v) is 8.21. The molecule has 0 bridgehead atoms. The number of anilines is 1. The predicted octanol–water partition coefficient (Wildman–Crippen LogP) is 4.61. The van der Waals surface area contributed by atoms with Gasteiger partial charge >= 0.3 is 0 Å². The van der Waals surface area contributed by atoms with Crippen molar-refractivity contribution in [1.82, 2.24) is 0 Å². The van der Waals surface area contributed by atoms with Gasteiger partial charge in [0.1, 0.15) is 5.75 Å². The Morgan fingerprint density at radius 1 is 1.09 bits per heavy atom. The minimum atomic E-state index is 0.0197. The maximum atomic E-state index is 12.1. The normalized spacial score (nSPS) is 10.6. The fourth-order valence-electron chi connectivity index (χ4n) is 2.34. The summed E-state index contributed by atoms with van der Waals surface area (Å²) in [6.07, 6.45) is 2.38. The Labute approximate surface area is 138 Å². The summed E-state index contributed by atoms with van der Waals surface area (Å²) in [5, 5.41) is 2.93. The number of hydrogen-bond acceptors (Lipinski definition) is 2. The monoisotopic (exact) mass is 311 g/mol. The number of ether oxygens (including phenoxy) is 1. The molecule has 1 amide bonds. The second-order valence-corrected chi connectivity index (χ2v) is 5.91. The molecule has 0 radical (unpaired) electrons. The lowest BCUT2D eigenvalue weighted by Gasteiger charge is -2.11. The number of hydrogen-bond donors (Lipinski definition) is 1. The Hall–Kier alpha value is -2.29. The first-order valence-electron chi connectivity index (χ1n) is 8.21. The lowest BCUT2D eigenvalue weighted by atomic mass is 10.1. The van der Waals surface area contributed by atoms with E-state index < -0.39 is 0 Å². The van der Waals surface area contributed by atoms with E-state index in [1.807, 2.05) is 38.1 Å². The molecule has 0 unspecified atom stereocenters. The van der Waals surface area contributed by atoms with Crippen LogP contribution in [0.2, 0.25) is 0 Å². The van der Waals surface area contributed by atoms with Crippen molar-refractivity contribution < 1.29 is 9.53 Å². The van der Waals surface area contributed by atoms with Crippen LogP contribution in [0.15, 0.2) is 48.5 Å². The third kappa shape index (κ3) is 5.78. The van der Waals surface area contributed by atoms with Gasteiger partial charge in [-0.05, 0) is 49.9 Å². The number of rotatable bonds is 7. The third-order valence-corrected chi connectivity index (χ3v) is 3.56. The largest absolute Gasteiger partial charge is 0.491 e. The molecular weight excluding hydrogens is 286 g/mol. The maximum absolute atomic E-state index is 12.1. The quantitative estimate of drug-likeness (QED) is 0.811. The van der Waals surface area contributed by atoms with E-state index in [2.05, 4.69) is 36.5 Å². The van der Waals surface area contributed by atoms with E-state index in [0.29, 0.717) is 6.42 Å². The number of carbonyl (C=O) groups excluding carboxylic acids is 1. The van der Waals surface area contributed by atoms with Crippen molar-refractivity contribution in [1.29, 1.82) is 0 Å². The number of benzene rings is 2. The molecule has 0 spiro atoms. The van der Waals surface area contributed by atoms with Crippen LogP contribution in [0.1, 0.15) is 38.3 Å². The molecule has 0 fully saturated rings. The lowest BCUT2D eigenvalue weighted by molar-refractivity contribution is -0.116. The molecule has 2 rings (SSSR count). The van der Waals surface area contributed by atoms with Crippen LogP contribution in [0, 0.1) is 0 Å². The highest BCUT2D eigenvalue weighted by Crippen LogP contribution is 2.19. The molecule has 3 nitrogen and oxygen atoms in total. The maximum Gasteiger partial charge on any atom is 0.224 e. The smallest absolute Gasteiger partial charge is 0.224 e. The van der Waals surface area contributed by atoms with Crippen LogP contribution >= 0.6 is 0 Å². The molecule has 0 aromatic heterocycles. The standard InChI is InChI=1S/C20H25NO2/c1-4-16-8-10-17(11-9-16)12-13-20(22)21-18-6-5-7-19(14-18)23-15(2)3/h5-11,14-15H,4,12-13H2,1-3H3,(H,21,22). The zero-order valence-electron chi connectivity index (χ0n) is 14.1. The van der Waals surface area contributed by atoms with Crippen LogP contribution in [0.25, 0.3) is 0 Å². The molecular formula is C20H25NO2. The highest BCUT2D eigenvalue weighted by molar-refractivity contribution is 5.91. The summed E-state index contributed by atoms with van der Waals surface area (Å²) in [5.41, 5.74) is 3.28. The molecule has 0 aliphatic rings. The first kappa shape index (κ1) is 17.1. The number of amides is 1. The topological polar surface area (TPSA) is 38.3 Å². The minimum Gasteiger partial charge on any atom is -0.491 e. The molecule has 3 heteroatoms. The molecule has 122 valence electrons. The lowest BCUT2D eigenvalue weighted by Crippen LogP contribution is -2.12. The zero-order chi connectivity index (χ0) is 16.7. The van der Waals surface area contributed by atoms with E-state index in [4.69, 9.17) is 4.74 Å². The molecule has 0 atom stereocenters. The highest BCUT2D eigenvalue weighted by Gasteiger charge is 2.05. The van der Waals surface area contributed by atoms with Gasteiger partial charge in [0.15, 0.2) is 0 Å². The van der Waals surface area contributed by atoms with Gasteiger partial charge in [0.05, 0.1) is 6.10 Å². The van der Waals surface area contributed by atoms with Crippen molar-refractivity contribution in [2.24, 2.45) is 0 Å². The van der Waals surface area contributed by atoms with Crippen LogP contribution in [0.3, 0.4) is 0 Å². The summed E-state index contributed by atoms with van der Waals surface area (Å²) in [6.45, 7) is 6.10. The van der Waals surface area contributed by atoms with Gasteiger partial charge in [-0.1, -0.05) is 37.3 Å². The molecule has 0 saturated carbocycles. The van der Waals surface area contributed by atoms with Crippen LogP contribution in [0.4, 0.5) is 5.69 Å². The van der Waals surface area contributed by atoms with Crippen molar-refractivity contribution >= 4 is 11.6 Å². The van der Waals surface area contributed by atoms with Gasteiger partial charge in [-0.25, -0.2) is 0 Å². The molecule has 23 heavy (non-hydrogen) atoms. The van der Waals surface area contributed by atoms with E-state index in [1.54, 1.807) is 0 Å². The SMILES string of the molecule is CCc1ccc(CCC(=O)Nc2cccc(OC(C)C)c2)cc1. The van der Waals surface area contributed by atoms with Crippen LogP contribution < -0.4 is 10.1 Å². The average Bonchev–Trinajstić information content (AvgIpc) is 2.53. The van der Waals surface area contributed by atoms with Gasteiger partial charge in [0.25, 0.3) is 0 Å². The summed E-state index contributed by atoms with van der Waals surface area (Å²) in [4.78, 5) is 12.1. The van der Waals surface area contributed by atoms with Gasteiger partial charge in [-0.3, -0.25) is 4.79 Å². The number of carbonyl (C=O) groups is 1. The summed E-state index contributed by atoms with van der Waals surface area (Å²) >= 11 is 0. The van der Waals surface area contributed by atoms with E-state index in [0.717, 1.165) is 24.3 Å². The Bertz CT molecular complexity index is 632. The predicted molar refractivity (Wildman–Crippen MR) is 95.0 cm³/mol. The van der Waals surface area contributed by atoms with Gasteiger partial charge < -0.3 is 10.1 Å². The molecule has 0 heterocycles. The van der Waals surface area contributed by atoms with E-state index in [9.17, 15) is 4.79 Å². The van der Waals surface area contributed by atoms with Crippen molar-refractivity contribution in [2.75, 3.05) is 5.32 Å². The highest BCUT2D eigenvalue weighted by atomic mass is 16.5. The molecule has 0 aliphatic heterocycles. The Morgan fingerprint density at radius 2 is 1.78 bits per heavy atom. The number of aryl methyl sites for hydroxylation is 2. The molecule has 2 aromatic rings. The molecule has 1 N–H and O–H groups in total. The van der Waals surface area contributed by atoms with Crippen LogP contribution in [-0.2, 0) is 17.6 Å². The van der Waals surface area contributed by atoms with Gasteiger partial charge in [0, 0.05) is 18.2 Å². The van der Waals surface area contributed by atoms with Crippen molar-refractivity contribution in [3.63, 3.8) is 0 Å². The zero-order valence-corrected chi connectivity index (χ0v) is 14.1. The van der Waals surface area contributed by atoms with Gasteiger partial charge in [0.2, 0.25) is 5.91 Å². The third-order valence-electron chi connectivity index (χ3n) is 3.56. The molecule has 0 saturated heterocycles. The Balaban J connectivity index is 1.86. The molecule has 2 aromatic carbocycles. The van der Waals surface area contributed by atoms with Crippen LogP contribution in [0.5, 0.6) is 5.75 Å². The first-order chi connectivity index (χ1) is 11.1. The summed E-state index contributed by atoms with van der Waals surface area (Å²) in [7, 11) is 0. The second kappa shape index (κ2) is 8.37. The fourth-order valence-corrected chi connectivity index (χ4v) is 2.34. The number of nitrogens with one attached hydrogen (secondary N) is 1. The Morgan fingerprint density at radius 3 is 2.43 bits per heavy atom. The van der Waals surface area contributed by atoms with Gasteiger partial charge in [-0.15, -0.1) is 0 Å². The summed E-state index contributed by atoms with van der Waals surface area (Å²) < 4.78 is 5.64. The van der Waals surface area contributed by atoms with Crippen molar-refractivity contribution in [2.45, 2.75) is 46.1 Å². The van der Waals surface area contributed by atoms with E-state index in [-0.39, 0.29) is 12.0 Å². The fraction of sp³-hybridized carbons (Fsp3) is 0.350. The van der Waals surface area contributed by atoms with Crippen LogP contribution in [-0.4, -0.2) is 12.0 Å². The van der Waals surface area contributed by atoms with E-state index >= 15 is 0 Å². The minimum absolute atomic E-state index is 0.0197. The Kier molecular flexibility index (Phi) is 6.21. The average molecular weight is 311 g/mol. The van der Waals surface area contributed by atoms with E-state index in [1.165, 1.54) is 11.1 Å². The van der Waals surface area contributed by atoms with Crippen molar-refractivity contribution in [3.05, 3.63) is 59.7 Å².